The molecule has 0 aromatic carbocycles. The molecule has 0 spiro atoms. The van der Waals surface area contributed by atoms with Gasteiger partial charge in [0.05, 0.1) is 4.91 Å². The van der Waals surface area contributed by atoms with Crippen LogP contribution >= 0.6 is 24.0 Å². The van der Waals surface area contributed by atoms with Crippen molar-refractivity contribution in [2.45, 2.75) is 59.9 Å². The van der Waals surface area contributed by atoms with Crippen molar-refractivity contribution >= 4 is 46.1 Å². The third-order valence-corrected chi connectivity index (χ3v) is 7.35. The van der Waals surface area contributed by atoms with E-state index < -0.39 is 0 Å². The SMILES string of the molecule is CCCN1C(=O)C(=Cc2c(C)c(C#N)c(=O)n(CCC)c2N2CCC(C)CC2)SC1=S. The Labute approximate surface area is 193 Å². The van der Waals surface area contributed by atoms with E-state index in [1.54, 1.807) is 9.47 Å². The van der Waals surface area contributed by atoms with Gasteiger partial charge in [-0.2, -0.15) is 5.26 Å². The third kappa shape index (κ3) is 4.58. The molecule has 3 heterocycles. The molecule has 0 atom stereocenters. The first-order valence-corrected chi connectivity index (χ1v) is 12.2. The maximum atomic E-state index is 13.2. The first-order chi connectivity index (χ1) is 14.8. The van der Waals surface area contributed by atoms with Crippen LogP contribution in [0.4, 0.5) is 5.82 Å². The Hall–Kier alpha value is -2.11. The number of carbonyl (C=O) groups excluding carboxylic acids is 1. The molecule has 1 amide bonds. The molecule has 31 heavy (non-hydrogen) atoms. The number of piperidine rings is 1. The van der Waals surface area contributed by atoms with E-state index >= 15 is 0 Å². The second-order valence-corrected chi connectivity index (χ2v) is 9.98. The molecule has 2 saturated heterocycles. The zero-order valence-electron chi connectivity index (χ0n) is 18.7. The Morgan fingerprint density at radius 3 is 2.42 bits per heavy atom. The van der Waals surface area contributed by atoms with Crippen LogP contribution in [0.1, 0.15) is 63.1 Å². The van der Waals surface area contributed by atoms with Gasteiger partial charge in [0.15, 0.2) is 0 Å². The summed E-state index contributed by atoms with van der Waals surface area (Å²) in [6.07, 6.45) is 5.57. The van der Waals surface area contributed by atoms with Gasteiger partial charge in [-0.1, -0.05) is 44.8 Å². The van der Waals surface area contributed by atoms with Crippen molar-refractivity contribution < 1.29 is 4.79 Å². The van der Waals surface area contributed by atoms with Crippen molar-refractivity contribution in [2.75, 3.05) is 24.5 Å². The number of carbonyl (C=O) groups is 1. The first-order valence-electron chi connectivity index (χ1n) is 11.0. The second kappa shape index (κ2) is 10.0. The van der Waals surface area contributed by atoms with Crippen LogP contribution in [0, 0.1) is 24.2 Å². The Kier molecular flexibility index (Phi) is 7.60. The zero-order valence-corrected chi connectivity index (χ0v) is 20.4. The summed E-state index contributed by atoms with van der Waals surface area (Å²) in [5, 5.41) is 9.72. The summed E-state index contributed by atoms with van der Waals surface area (Å²) in [7, 11) is 0. The minimum atomic E-state index is -0.244. The van der Waals surface area contributed by atoms with Gasteiger partial charge in [-0.05, 0) is 50.2 Å². The Morgan fingerprint density at radius 1 is 1.19 bits per heavy atom. The van der Waals surface area contributed by atoms with Gasteiger partial charge in [-0.15, -0.1) is 0 Å². The second-order valence-electron chi connectivity index (χ2n) is 8.31. The predicted molar refractivity (Wildman–Crippen MR) is 131 cm³/mol. The van der Waals surface area contributed by atoms with E-state index in [0.717, 1.165) is 50.2 Å². The van der Waals surface area contributed by atoms with Crippen LogP contribution in [0.3, 0.4) is 0 Å². The summed E-state index contributed by atoms with van der Waals surface area (Å²) in [5.74, 6) is 1.38. The number of anilines is 1. The van der Waals surface area contributed by atoms with Crippen molar-refractivity contribution in [1.29, 1.82) is 5.26 Å². The Morgan fingerprint density at radius 2 is 1.84 bits per heavy atom. The topological polar surface area (TPSA) is 69.3 Å². The van der Waals surface area contributed by atoms with Gasteiger partial charge >= 0.3 is 0 Å². The molecule has 2 aliphatic rings. The number of hydrogen-bond acceptors (Lipinski definition) is 6. The molecule has 0 N–H and O–H groups in total. The number of thiocarbonyl (C=S) groups is 1. The molecular weight excluding hydrogens is 428 g/mol. The summed E-state index contributed by atoms with van der Waals surface area (Å²) in [6.45, 7) is 10.9. The van der Waals surface area contributed by atoms with Crippen molar-refractivity contribution in [3.8, 4) is 6.07 Å². The number of aromatic nitrogens is 1. The smallest absolute Gasteiger partial charge is 0.270 e. The minimum Gasteiger partial charge on any atom is -0.357 e. The molecule has 0 unspecified atom stereocenters. The van der Waals surface area contributed by atoms with Crippen molar-refractivity contribution in [3.05, 3.63) is 31.9 Å². The van der Waals surface area contributed by atoms with Gasteiger partial charge in [-0.3, -0.25) is 19.1 Å². The Balaban J connectivity index is 2.22. The number of thioether (sulfide) groups is 1. The largest absolute Gasteiger partial charge is 0.357 e. The highest BCUT2D eigenvalue weighted by molar-refractivity contribution is 8.26. The summed E-state index contributed by atoms with van der Waals surface area (Å²) in [4.78, 5) is 30.6. The van der Waals surface area contributed by atoms with Gasteiger partial charge in [0.1, 0.15) is 21.8 Å². The monoisotopic (exact) mass is 458 g/mol. The fourth-order valence-electron chi connectivity index (χ4n) is 4.18. The number of amides is 1. The van der Waals surface area contributed by atoms with Gasteiger partial charge in [0, 0.05) is 31.7 Å². The number of hydrogen-bond donors (Lipinski definition) is 0. The molecule has 2 aliphatic heterocycles. The fraction of sp³-hybridized carbons (Fsp3) is 0.565. The van der Waals surface area contributed by atoms with E-state index in [4.69, 9.17) is 12.2 Å². The van der Waals surface area contributed by atoms with Crippen LogP contribution in [-0.2, 0) is 11.3 Å². The molecular formula is C23H30N4O2S2. The van der Waals surface area contributed by atoms with Gasteiger partial charge in [0.2, 0.25) is 0 Å². The first kappa shape index (κ1) is 23.6. The quantitative estimate of drug-likeness (QED) is 0.468. The highest BCUT2D eigenvalue weighted by atomic mass is 32.2. The molecule has 0 saturated carbocycles. The van der Waals surface area contributed by atoms with Crippen LogP contribution in [0.5, 0.6) is 0 Å². The lowest BCUT2D eigenvalue weighted by Gasteiger charge is -2.35. The highest BCUT2D eigenvalue weighted by Crippen LogP contribution is 2.36. The molecule has 6 nitrogen and oxygen atoms in total. The van der Waals surface area contributed by atoms with E-state index in [9.17, 15) is 14.9 Å². The number of pyridine rings is 1. The van der Waals surface area contributed by atoms with Crippen molar-refractivity contribution in [2.24, 2.45) is 5.92 Å². The molecule has 1 aromatic rings. The zero-order chi connectivity index (χ0) is 22.7. The third-order valence-electron chi connectivity index (χ3n) is 5.97. The van der Waals surface area contributed by atoms with Crippen LogP contribution in [0.2, 0.25) is 0 Å². The molecule has 0 aliphatic carbocycles. The summed E-state index contributed by atoms with van der Waals surface area (Å²) in [5.41, 5.74) is 1.33. The lowest BCUT2D eigenvalue weighted by atomic mass is 9.97. The van der Waals surface area contributed by atoms with E-state index in [2.05, 4.69) is 17.9 Å². The summed E-state index contributed by atoms with van der Waals surface area (Å²) in [6, 6.07) is 2.10. The molecule has 1 aromatic heterocycles. The van der Waals surface area contributed by atoms with E-state index in [1.165, 1.54) is 11.8 Å². The fourth-order valence-corrected chi connectivity index (χ4v) is 5.47. The predicted octanol–water partition coefficient (Wildman–Crippen LogP) is 4.29. The molecule has 0 radical (unpaired) electrons. The van der Waals surface area contributed by atoms with Gasteiger partial charge in [-0.25, -0.2) is 0 Å². The summed E-state index contributed by atoms with van der Waals surface area (Å²) >= 11 is 6.72. The molecule has 166 valence electrons. The van der Waals surface area contributed by atoms with Crippen LogP contribution in [-0.4, -0.2) is 39.3 Å². The van der Waals surface area contributed by atoms with Crippen LogP contribution in [0.15, 0.2) is 9.70 Å². The van der Waals surface area contributed by atoms with Gasteiger partial charge in [0.25, 0.3) is 11.5 Å². The lowest BCUT2D eigenvalue weighted by Crippen LogP contribution is -2.39. The highest BCUT2D eigenvalue weighted by Gasteiger charge is 2.33. The standard InChI is InChI=1S/C23H30N4O2S2/c1-5-9-26-20(25-11-7-15(3)8-12-25)17(16(4)18(14-24)21(26)28)13-19-22(29)27(10-6-2)23(30)31-19/h13,15H,5-12H2,1-4H3. The van der Waals surface area contributed by atoms with Crippen LogP contribution < -0.4 is 10.5 Å². The van der Waals surface area contributed by atoms with Crippen molar-refractivity contribution in [3.63, 3.8) is 0 Å². The van der Waals surface area contributed by atoms with Crippen LogP contribution in [0.25, 0.3) is 6.08 Å². The average Bonchev–Trinajstić information content (AvgIpc) is 3.01. The maximum absolute atomic E-state index is 13.2. The molecule has 8 heteroatoms. The van der Waals surface area contributed by atoms with Crippen molar-refractivity contribution in [1.82, 2.24) is 9.47 Å². The van der Waals surface area contributed by atoms with E-state index in [1.807, 2.05) is 26.8 Å². The molecule has 0 bridgehead atoms. The normalized spacial score (nSPS) is 18.9. The number of rotatable bonds is 6. The molecule has 3 rings (SSSR count). The number of nitrogens with zero attached hydrogens (tertiary/aromatic N) is 4. The van der Waals surface area contributed by atoms with E-state index in [-0.39, 0.29) is 17.0 Å². The number of nitriles is 1. The Bertz CT molecular complexity index is 1010. The maximum Gasteiger partial charge on any atom is 0.270 e. The minimum absolute atomic E-state index is 0.0961. The summed E-state index contributed by atoms with van der Waals surface area (Å²) < 4.78 is 2.30. The average molecular weight is 459 g/mol. The lowest BCUT2D eigenvalue weighted by molar-refractivity contribution is -0.122. The van der Waals surface area contributed by atoms with E-state index in [0.29, 0.717) is 33.8 Å². The van der Waals surface area contributed by atoms with Gasteiger partial charge < -0.3 is 4.90 Å². The molecule has 2 fully saturated rings.